The van der Waals surface area contributed by atoms with Crippen LogP contribution in [0.5, 0.6) is 0 Å². The molecule has 0 unspecified atom stereocenters. The van der Waals surface area contributed by atoms with Crippen LogP contribution in [-0.2, 0) is 0 Å². The molecule has 1 fully saturated rings. The summed E-state index contributed by atoms with van der Waals surface area (Å²) >= 11 is 6.01. The fraction of sp³-hybridized carbons (Fsp3) is 0.471. The summed E-state index contributed by atoms with van der Waals surface area (Å²) < 4.78 is 0. The molecule has 0 bridgehead atoms. The van der Waals surface area contributed by atoms with Crippen molar-refractivity contribution in [3.8, 4) is 0 Å². The minimum atomic E-state index is 0.727. The Kier molecular flexibility index (Phi) is 4.94. The van der Waals surface area contributed by atoms with Crippen molar-refractivity contribution < 1.29 is 0 Å². The third-order valence-corrected chi connectivity index (χ3v) is 4.46. The van der Waals surface area contributed by atoms with Crippen LogP contribution >= 0.6 is 11.6 Å². The SMILES string of the molecule is Clc1ccc2c(NCCNCC3CCCC3)ccnc2c1. The molecule has 112 valence electrons. The van der Waals surface area contributed by atoms with E-state index < -0.39 is 0 Å². The van der Waals surface area contributed by atoms with Crippen molar-refractivity contribution in [1.29, 1.82) is 0 Å². The number of aromatic nitrogens is 1. The van der Waals surface area contributed by atoms with E-state index in [1.807, 2.05) is 30.5 Å². The average molecular weight is 304 g/mol. The van der Waals surface area contributed by atoms with Gasteiger partial charge in [-0.15, -0.1) is 0 Å². The molecule has 2 aromatic rings. The minimum Gasteiger partial charge on any atom is -0.383 e. The molecule has 0 amide bonds. The van der Waals surface area contributed by atoms with Crippen molar-refractivity contribution in [1.82, 2.24) is 10.3 Å². The molecule has 0 spiro atoms. The Morgan fingerprint density at radius 1 is 1.14 bits per heavy atom. The maximum absolute atomic E-state index is 6.01. The number of hydrogen-bond acceptors (Lipinski definition) is 3. The summed E-state index contributed by atoms with van der Waals surface area (Å²) in [5.41, 5.74) is 2.06. The first-order chi connectivity index (χ1) is 10.3. The van der Waals surface area contributed by atoms with Crippen molar-refractivity contribution >= 4 is 28.2 Å². The number of benzene rings is 1. The van der Waals surface area contributed by atoms with Crippen LogP contribution in [0.2, 0.25) is 5.02 Å². The zero-order valence-corrected chi connectivity index (χ0v) is 13.0. The lowest BCUT2D eigenvalue weighted by Crippen LogP contribution is -2.26. The third kappa shape index (κ3) is 3.86. The van der Waals surface area contributed by atoms with E-state index in [1.54, 1.807) is 0 Å². The molecule has 3 nitrogen and oxygen atoms in total. The number of nitrogens with zero attached hydrogens (tertiary/aromatic N) is 1. The fourth-order valence-electron chi connectivity index (χ4n) is 3.08. The molecular weight excluding hydrogens is 282 g/mol. The highest BCUT2D eigenvalue weighted by Crippen LogP contribution is 2.24. The van der Waals surface area contributed by atoms with E-state index in [1.165, 1.54) is 25.7 Å². The number of pyridine rings is 1. The van der Waals surface area contributed by atoms with Crippen molar-refractivity contribution in [2.75, 3.05) is 25.0 Å². The normalized spacial score (nSPS) is 15.7. The van der Waals surface area contributed by atoms with E-state index in [2.05, 4.69) is 15.6 Å². The molecule has 0 saturated heterocycles. The first kappa shape index (κ1) is 14.6. The van der Waals surface area contributed by atoms with E-state index in [0.29, 0.717) is 0 Å². The van der Waals surface area contributed by atoms with Crippen LogP contribution in [0, 0.1) is 5.92 Å². The number of fused-ring (bicyclic) bond motifs is 1. The topological polar surface area (TPSA) is 37.0 Å². The molecule has 4 heteroatoms. The summed E-state index contributed by atoms with van der Waals surface area (Å²) in [6.07, 6.45) is 7.45. The Labute approximate surface area is 131 Å². The van der Waals surface area contributed by atoms with Crippen molar-refractivity contribution in [3.05, 3.63) is 35.5 Å². The number of anilines is 1. The molecule has 1 aliphatic carbocycles. The minimum absolute atomic E-state index is 0.727. The van der Waals surface area contributed by atoms with Gasteiger partial charge in [-0.1, -0.05) is 24.4 Å². The van der Waals surface area contributed by atoms with Gasteiger partial charge in [0.25, 0.3) is 0 Å². The molecule has 21 heavy (non-hydrogen) atoms. The molecule has 3 rings (SSSR count). The number of hydrogen-bond donors (Lipinski definition) is 2. The molecular formula is C17H22ClN3. The van der Waals surface area contributed by atoms with Gasteiger partial charge < -0.3 is 10.6 Å². The van der Waals surface area contributed by atoms with E-state index in [9.17, 15) is 0 Å². The van der Waals surface area contributed by atoms with Crippen LogP contribution in [0.25, 0.3) is 10.9 Å². The van der Waals surface area contributed by atoms with Crippen molar-refractivity contribution in [2.45, 2.75) is 25.7 Å². The molecule has 2 N–H and O–H groups in total. The van der Waals surface area contributed by atoms with Crippen LogP contribution in [0.3, 0.4) is 0 Å². The van der Waals surface area contributed by atoms with Crippen LogP contribution in [0.4, 0.5) is 5.69 Å². The van der Waals surface area contributed by atoms with Gasteiger partial charge in [-0.2, -0.15) is 0 Å². The van der Waals surface area contributed by atoms with Gasteiger partial charge in [-0.05, 0) is 49.6 Å². The highest BCUT2D eigenvalue weighted by atomic mass is 35.5. The largest absolute Gasteiger partial charge is 0.383 e. The van der Waals surface area contributed by atoms with Gasteiger partial charge in [0.15, 0.2) is 0 Å². The fourth-order valence-corrected chi connectivity index (χ4v) is 3.25. The second kappa shape index (κ2) is 7.10. The predicted molar refractivity (Wildman–Crippen MR) is 90.1 cm³/mol. The lowest BCUT2D eigenvalue weighted by molar-refractivity contribution is 0.496. The van der Waals surface area contributed by atoms with Gasteiger partial charge >= 0.3 is 0 Å². The van der Waals surface area contributed by atoms with Crippen molar-refractivity contribution in [3.63, 3.8) is 0 Å². The highest BCUT2D eigenvalue weighted by Gasteiger charge is 2.13. The quantitative estimate of drug-likeness (QED) is 0.790. The van der Waals surface area contributed by atoms with Gasteiger partial charge in [0.2, 0.25) is 0 Å². The zero-order chi connectivity index (χ0) is 14.5. The summed E-state index contributed by atoms with van der Waals surface area (Å²) in [4.78, 5) is 4.36. The van der Waals surface area contributed by atoms with Crippen LogP contribution in [0.1, 0.15) is 25.7 Å². The van der Waals surface area contributed by atoms with E-state index in [4.69, 9.17) is 11.6 Å². The Morgan fingerprint density at radius 2 is 2.00 bits per heavy atom. The molecule has 0 radical (unpaired) electrons. The van der Waals surface area contributed by atoms with Gasteiger partial charge in [0, 0.05) is 35.4 Å². The maximum Gasteiger partial charge on any atom is 0.0737 e. The van der Waals surface area contributed by atoms with Gasteiger partial charge in [0.1, 0.15) is 0 Å². The first-order valence-electron chi connectivity index (χ1n) is 7.82. The Hall–Kier alpha value is -1.32. The lowest BCUT2D eigenvalue weighted by Gasteiger charge is -2.12. The lowest BCUT2D eigenvalue weighted by atomic mass is 10.1. The molecule has 1 aliphatic rings. The number of halogens is 1. The molecule has 0 aliphatic heterocycles. The van der Waals surface area contributed by atoms with Crippen LogP contribution in [0.15, 0.2) is 30.5 Å². The van der Waals surface area contributed by atoms with Crippen LogP contribution < -0.4 is 10.6 Å². The molecule has 0 atom stereocenters. The number of rotatable bonds is 6. The Bertz CT molecular complexity index is 594. The molecule has 1 saturated carbocycles. The maximum atomic E-state index is 6.01. The number of nitrogens with one attached hydrogen (secondary N) is 2. The van der Waals surface area contributed by atoms with Gasteiger partial charge in [-0.3, -0.25) is 4.98 Å². The molecule has 1 heterocycles. The van der Waals surface area contributed by atoms with Gasteiger partial charge in [-0.25, -0.2) is 0 Å². The summed E-state index contributed by atoms with van der Waals surface area (Å²) in [6, 6.07) is 7.86. The monoisotopic (exact) mass is 303 g/mol. The zero-order valence-electron chi connectivity index (χ0n) is 12.2. The predicted octanol–water partition coefficient (Wildman–Crippen LogP) is 4.08. The standard InChI is InChI=1S/C17H22ClN3/c18-14-5-6-15-16(7-8-20-17(15)11-14)21-10-9-19-12-13-3-1-2-4-13/h5-8,11,13,19H,1-4,9-10,12H2,(H,20,21). The second-order valence-corrected chi connectivity index (χ2v) is 6.24. The second-order valence-electron chi connectivity index (χ2n) is 5.80. The van der Waals surface area contributed by atoms with E-state index >= 15 is 0 Å². The van der Waals surface area contributed by atoms with E-state index in [0.717, 1.165) is 47.2 Å². The van der Waals surface area contributed by atoms with Crippen molar-refractivity contribution in [2.24, 2.45) is 5.92 Å². The van der Waals surface area contributed by atoms with Gasteiger partial charge in [0.05, 0.1) is 5.52 Å². The molecule has 1 aromatic heterocycles. The smallest absolute Gasteiger partial charge is 0.0737 e. The highest BCUT2D eigenvalue weighted by molar-refractivity contribution is 6.31. The molecule has 1 aromatic carbocycles. The summed E-state index contributed by atoms with van der Waals surface area (Å²) in [6.45, 7) is 3.08. The summed E-state index contributed by atoms with van der Waals surface area (Å²) in [5.74, 6) is 0.897. The Balaban J connectivity index is 1.50. The third-order valence-electron chi connectivity index (χ3n) is 4.23. The van der Waals surface area contributed by atoms with E-state index in [-0.39, 0.29) is 0 Å². The first-order valence-corrected chi connectivity index (χ1v) is 8.19. The van der Waals surface area contributed by atoms with Crippen LogP contribution in [-0.4, -0.2) is 24.6 Å². The summed E-state index contributed by atoms with van der Waals surface area (Å²) in [5, 5.41) is 8.89. The Morgan fingerprint density at radius 3 is 2.86 bits per heavy atom. The average Bonchev–Trinajstić information content (AvgIpc) is 3.00. The summed E-state index contributed by atoms with van der Waals surface area (Å²) in [7, 11) is 0.